The number of phenols is 1. The lowest BCUT2D eigenvalue weighted by atomic mass is 9.96. The largest absolute Gasteiger partial charge is 0.504 e. The summed E-state index contributed by atoms with van der Waals surface area (Å²) in [5.41, 5.74) is 3.43. The molecule has 0 atom stereocenters. The quantitative estimate of drug-likeness (QED) is 0.534. The van der Waals surface area contributed by atoms with Crippen LogP contribution in [0.5, 0.6) is 11.5 Å². The Hall–Kier alpha value is -3.54. The van der Waals surface area contributed by atoms with Crippen molar-refractivity contribution in [2.75, 3.05) is 7.11 Å². The molecule has 0 aliphatic rings. The fourth-order valence-corrected chi connectivity index (χ4v) is 3.35. The van der Waals surface area contributed by atoms with E-state index in [-0.39, 0.29) is 11.5 Å². The molecule has 2 heterocycles. The first kappa shape index (κ1) is 17.9. The number of carbonyl (C=O) groups is 1. The molecule has 0 saturated heterocycles. The van der Waals surface area contributed by atoms with E-state index in [9.17, 15) is 9.90 Å². The summed E-state index contributed by atoms with van der Waals surface area (Å²) in [7, 11) is 3.36. The smallest absolute Gasteiger partial charge is 0.197 e. The van der Waals surface area contributed by atoms with Crippen molar-refractivity contribution in [1.82, 2.24) is 9.78 Å². The fourth-order valence-electron chi connectivity index (χ4n) is 3.35. The topological polar surface area (TPSA) is 77.5 Å². The van der Waals surface area contributed by atoms with Gasteiger partial charge in [0, 0.05) is 24.2 Å². The average Bonchev–Trinajstić information content (AvgIpc) is 3.27. The van der Waals surface area contributed by atoms with Gasteiger partial charge in [-0.2, -0.15) is 5.10 Å². The van der Waals surface area contributed by atoms with Crippen LogP contribution >= 0.6 is 0 Å². The first-order valence-electron chi connectivity index (χ1n) is 8.83. The lowest BCUT2D eigenvalue weighted by Crippen LogP contribution is -2.03. The van der Waals surface area contributed by atoms with Crippen molar-refractivity contribution in [1.29, 1.82) is 0 Å². The molecule has 2 aromatic heterocycles. The summed E-state index contributed by atoms with van der Waals surface area (Å²) >= 11 is 0. The van der Waals surface area contributed by atoms with E-state index in [1.807, 2.05) is 19.1 Å². The van der Waals surface area contributed by atoms with Gasteiger partial charge in [0.15, 0.2) is 17.1 Å². The molecule has 4 aromatic rings. The lowest BCUT2D eigenvalue weighted by Gasteiger charge is -2.07. The molecule has 28 heavy (non-hydrogen) atoms. The number of phenolic OH excluding ortho intramolecular Hbond substituents is 1. The number of furan rings is 1. The molecule has 0 spiro atoms. The monoisotopic (exact) mass is 376 g/mol. The summed E-state index contributed by atoms with van der Waals surface area (Å²) in [6.07, 6.45) is 3.41. The molecule has 0 fully saturated rings. The fraction of sp³-hybridized carbons (Fsp3) is 0.182. The number of fused-ring (bicyclic) bond motifs is 1. The molecule has 6 heteroatoms. The number of hydrogen-bond acceptors (Lipinski definition) is 5. The molecular weight excluding hydrogens is 356 g/mol. The SMILES string of the molecule is COc1cc(C)cc(C(=O)c2c(-c3cnn(C)c3)oc3c(O)c(C)ccc23)c1. The molecule has 4 rings (SSSR count). The zero-order valence-corrected chi connectivity index (χ0v) is 16.1. The van der Waals surface area contributed by atoms with Crippen LogP contribution in [-0.2, 0) is 7.05 Å². The number of carbonyl (C=O) groups excluding carboxylic acids is 1. The highest BCUT2D eigenvalue weighted by Crippen LogP contribution is 2.40. The Morgan fingerprint density at radius 2 is 2.00 bits per heavy atom. The number of ether oxygens (including phenoxy) is 1. The van der Waals surface area contributed by atoms with Crippen LogP contribution in [0.15, 0.2) is 47.1 Å². The number of rotatable bonds is 4. The molecule has 6 nitrogen and oxygen atoms in total. The third-order valence-electron chi connectivity index (χ3n) is 4.78. The first-order chi connectivity index (χ1) is 13.4. The highest BCUT2D eigenvalue weighted by atomic mass is 16.5. The molecule has 142 valence electrons. The Kier molecular flexibility index (Phi) is 4.19. The van der Waals surface area contributed by atoms with E-state index in [0.717, 1.165) is 5.56 Å². The van der Waals surface area contributed by atoms with Crippen molar-refractivity contribution in [3.05, 3.63) is 65.0 Å². The van der Waals surface area contributed by atoms with E-state index in [1.165, 1.54) is 0 Å². The molecular formula is C22H20N2O4. The lowest BCUT2D eigenvalue weighted by molar-refractivity contribution is 0.104. The van der Waals surface area contributed by atoms with Crippen LogP contribution in [0.2, 0.25) is 0 Å². The minimum Gasteiger partial charge on any atom is -0.504 e. The van der Waals surface area contributed by atoms with E-state index in [1.54, 1.807) is 56.4 Å². The minimum absolute atomic E-state index is 0.0310. The Morgan fingerprint density at radius 3 is 2.68 bits per heavy atom. The summed E-state index contributed by atoms with van der Waals surface area (Å²) in [4.78, 5) is 13.5. The highest BCUT2D eigenvalue weighted by molar-refractivity contribution is 6.20. The number of aromatic nitrogens is 2. The minimum atomic E-state index is -0.206. The predicted molar refractivity (Wildman–Crippen MR) is 106 cm³/mol. The van der Waals surface area contributed by atoms with Gasteiger partial charge in [-0.15, -0.1) is 0 Å². The van der Waals surface area contributed by atoms with Crippen molar-refractivity contribution in [2.45, 2.75) is 13.8 Å². The van der Waals surface area contributed by atoms with Crippen LogP contribution in [0.25, 0.3) is 22.3 Å². The predicted octanol–water partition coefficient (Wildman–Crippen LogP) is 4.40. The molecule has 0 aliphatic carbocycles. The van der Waals surface area contributed by atoms with Gasteiger partial charge in [0.1, 0.15) is 11.5 Å². The summed E-state index contributed by atoms with van der Waals surface area (Å²) in [6.45, 7) is 3.69. The van der Waals surface area contributed by atoms with Crippen molar-refractivity contribution in [2.24, 2.45) is 7.05 Å². The van der Waals surface area contributed by atoms with Crippen molar-refractivity contribution in [3.63, 3.8) is 0 Å². The van der Waals surface area contributed by atoms with Gasteiger partial charge >= 0.3 is 0 Å². The van der Waals surface area contributed by atoms with Gasteiger partial charge in [-0.05, 0) is 49.2 Å². The van der Waals surface area contributed by atoms with Crippen molar-refractivity contribution >= 4 is 16.8 Å². The van der Waals surface area contributed by atoms with Crippen molar-refractivity contribution < 1.29 is 19.1 Å². The molecule has 1 N–H and O–H groups in total. The number of hydrogen-bond donors (Lipinski definition) is 1. The molecule has 0 amide bonds. The maximum Gasteiger partial charge on any atom is 0.197 e. The standard InChI is InChI=1S/C22H20N2O4/c1-12-7-14(9-16(8-12)27-4)20(26)18-17-6-5-13(2)19(25)22(17)28-21(18)15-10-23-24(3)11-15/h5-11,25H,1-4H3. The van der Waals surface area contributed by atoms with E-state index in [0.29, 0.717) is 44.7 Å². The second-order valence-electron chi connectivity index (χ2n) is 6.88. The molecule has 0 radical (unpaired) electrons. The number of nitrogens with zero attached hydrogens (tertiary/aromatic N) is 2. The number of methoxy groups -OCH3 is 1. The Bertz CT molecular complexity index is 1220. The Balaban J connectivity index is 2.00. The highest BCUT2D eigenvalue weighted by Gasteiger charge is 2.26. The Morgan fingerprint density at radius 1 is 1.21 bits per heavy atom. The van der Waals surface area contributed by atoms with Gasteiger partial charge in [0.25, 0.3) is 0 Å². The molecule has 0 aliphatic heterocycles. The maximum atomic E-state index is 13.5. The van der Waals surface area contributed by atoms with Gasteiger partial charge in [0.2, 0.25) is 0 Å². The van der Waals surface area contributed by atoms with Gasteiger partial charge < -0.3 is 14.3 Å². The maximum absolute atomic E-state index is 13.5. The van der Waals surface area contributed by atoms with Crippen LogP contribution in [-0.4, -0.2) is 27.8 Å². The van der Waals surface area contributed by atoms with E-state index in [4.69, 9.17) is 9.15 Å². The number of ketones is 1. The van der Waals surface area contributed by atoms with Gasteiger partial charge in [-0.3, -0.25) is 9.48 Å². The zero-order valence-electron chi connectivity index (χ0n) is 16.1. The third kappa shape index (κ3) is 2.83. The van der Waals surface area contributed by atoms with Crippen LogP contribution in [0, 0.1) is 13.8 Å². The third-order valence-corrected chi connectivity index (χ3v) is 4.78. The summed E-state index contributed by atoms with van der Waals surface area (Å²) in [5.74, 6) is 0.818. The second kappa shape index (κ2) is 6.56. The average molecular weight is 376 g/mol. The van der Waals surface area contributed by atoms with Crippen molar-refractivity contribution in [3.8, 4) is 22.8 Å². The van der Waals surface area contributed by atoms with Gasteiger partial charge in [-0.25, -0.2) is 0 Å². The summed E-state index contributed by atoms with van der Waals surface area (Å²) in [6, 6.07) is 8.95. The van der Waals surface area contributed by atoms with Crippen LogP contribution in [0.1, 0.15) is 27.0 Å². The van der Waals surface area contributed by atoms with Gasteiger partial charge in [-0.1, -0.05) is 6.07 Å². The molecule has 0 unspecified atom stereocenters. The zero-order chi connectivity index (χ0) is 20.0. The van der Waals surface area contributed by atoms with Crippen LogP contribution < -0.4 is 4.74 Å². The summed E-state index contributed by atoms with van der Waals surface area (Å²) < 4.78 is 12.9. The number of benzene rings is 2. The second-order valence-corrected chi connectivity index (χ2v) is 6.88. The van der Waals surface area contributed by atoms with E-state index < -0.39 is 0 Å². The van der Waals surface area contributed by atoms with Crippen LogP contribution in [0.4, 0.5) is 0 Å². The van der Waals surface area contributed by atoms with E-state index >= 15 is 0 Å². The first-order valence-corrected chi connectivity index (χ1v) is 8.83. The number of aromatic hydroxyl groups is 1. The molecule has 2 aromatic carbocycles. The van der Waals surface area contributed by atoms with Crippen LogP contribution in [0.3, 0.4) is 0 Å². The molecule has 0 bridgehead atoms. The molecule has 0 saturated carbocycles. The van der Waals surface area contributed by atoms with E-state index in [2.05, 4.69) is 5.10 Å². The normalized spacial score (nSPS) is 11.1. The Labute approximate surface area is 162 Å². The van der Waals surface area contributed by atoms with Gasteiger partial charge in [0.05, 0.1) is 24.4 Å². The number of aryl methyl sites for hydroxylation is 3. The summed E-state index contributed by atoms with van der Waals surface area (Å²) in [5, 5.41) is 15.2.